The molecule has 0 bridgehead atoms. The Bertz CT molecular complexity index is 1810. The van der Waals surface area contributed by atoms with Gasteiger partial charge in [0.25, 0.3) is 0 Å². The lowest BCUT2D eigenvalue weighted by molar-refractivity contribution is 0.155. The highest BCUT2D eigenvalue weighted by Crippen LogP contribution is 2.40. The van der Waals surface area contributed by atoms with Crippen molar-refractivity contribution in [2.45, 2.75) is 0 Å². The maximum absolute atomic E-state index is 12.0. The number of amides is 2. The van der Waals surface area contributed by atoms with E-state index >= 15 is 0 Å². The van der Waals surface area contributed by atoms with Gasteiger partial charge >= 0.3 is 6.03 Å². The van der Waals surface area contributed by atoms with Crippen molar-refractivity contribution in [1.82, 2.24) is 15.4 Å². The summed E-state index contributed by atoms with van der Waals surface area (Å²) in [6.45, 7) is 0. The van der Waals surface area contributed by atoms with Crippen LogP contribution >= 0.6 is 0 Å². The fourth-order valence-corrected chi connectivity index (χ4v) is 5.31. The molecule has 0 N–H and O–H groups in total. The molecule has 0 aliphatic carbocycles. The number of hydrogen-bond donors (Lipinski definition) is 0. The van der Waals surface area contributed by atoms with Crippen molar-refractivity contribution in [3.8, 4) is 11.1 Å². The first-order chi connectivity index (χ1) is 18.0. The van der Waals surface area contributed by atoms with Crippen LogP contribution in [0.25, 0.3) is 54.2 Å². The molecule has 7 rings (SSSR count). The molecule has 1 heterocycles. The van der Waals surface area contributed by atoms with E-state index in [2.05, 4.69) is 102 Å². The van der Waals surface area contributed by atoms with Crippen LogP contribution in [0.2, 0.25) is 0 Å². The molecule has 5 nitrogen and oxygen atoms in total. The van der Waals surface area contributed by atoms with Crippen LogP contribution in [0, 0.1) is 0 Å². The maximum atomic E-state index is 12.0. The van der Waals surface area contributed by atoms with Crippen molar-refractivity contribution in [3.63, 3.8) is 0 Å². The van der Waals surface area contributed by atoms with E-state index in [4.69, 9.17) is 0 Å². The van der Waals surface area contributed by atoms with Crippen molar-refractivity contribution in [2.24, 2.45) is 5.10 Å². The molecule has 0 fully saturated rings. The Hall–Kier alpha value is -4.90. The number of hydrazone groups is 1. The first-order valence-corrected chi connectivity index (χ1v) is 12.3. The number of fused-ring (bicyclic) bond motifs is 4. The molecule has 0 atom stereocenters. The molecule has 1 radical (unpaired) electrons. The number of urea groups is 1. The molecule has 0 saturated carbocycles. The third-order valence-corrected chi connectivity index (χ3v) is 7.16. The van der Waals surface area contributed by atoms with Crippen molar-refractivity contribution in [3.05, 3.63) is 109 Å². The third-order valence-electron chi connectivity index (χ3n) is 7.16. The number of nitrogens with zero attached hydrogens (tertiary/aromatic N) is 4. The zero-order valence-corrected chi connectivity index (χ0v) is 20.5. The summed E-state index contributed by atoms with van der Waals surface area (Å²) in [6, 6.07) is 36.6. The van der Waals surface area contributed by atoms with Gasteiger partial charge in [-0.1, -0.05) is 72.8 Å². The Morgan fingerprint density at radius 3 is 1.51 bits per heavy atom. The van der Waals surface area contributed by atoms with Crippen LogP contribution in [0.5, 0.6) is 0 Å². The van der Waals surface area contributed by atoms with Crippen molar-refractivity contribution in [1.29, 1.82) is 0 Å². The van der Waals surface area contributed by atoms with Gasteiger partial charge in [-0.15, -0.1) is 10.5 Å². The Kier molecular flexibility index (Phi) is 4.66. The zero-order chi connectivity index (χ0) is 25.1. The minimum absolute atomic E-state index is 0.262. The van der Waals surface area contributed by atoms with Crippen LogP contribution in [-0.2, 0) is 0 Å². The predicted molar refractivity (Wildman–Crippen MR) is 151 cm³/mol. The van der Waals surface area contributed by atoms with E-state index in [0.29, 0.717) is 5.84 Å². The molecule has 37 heavy (non-hydrogen) atoms. The molecule has 1 aliphatic rings. The van der Waals surface area contributed by atoms with E-state index in [1.807, 2.05) is 12.1 Å². The minimum atomic E-state index is -0.262. The van der Waals surface area contributed by atoms with Gasteiger partial charge in [-0.2, -0.15) is 0 Å². The van der Waals surface area contributed by atoms with E-state index in [1.165, 1.54) is 58.7 Å². The summed E-state index contributed by atoms with van der Waals surface area (Å²) in [5.74, 6) is 0.510. The van der Waals surface area contributed by atoms with Crippen LogP contribution in [0.4, 0.5) is 4.79 Å². The van der Waals surface area contributed by atoms with Gasteiger partial charge in [0.1, 0.15) is 0 Å². The summed E-state index contributed by atoms with van der Waals surface area (Å²) >= 11 is 0. The van der Waals surface area contributed by atoms with Gasteiger partial charge in [0.2, 0.25) is 0 Å². The van der Waals surface area contributed by atoms with E-state index in [0.717, 1.165) is 11.1 Å². The number of carbonyl (C=O) groups excluding carboxylic acids is 1. The van der Waals surface area contributed by atoms with E-state index in [1.54, 1.807) is 14.1 Å². The number of rotatable bonds is 2. The van der Waals surface area contributed by atoms with Gasteiger partial charge in [-0.05, 0) is 84.5 Å². The van der Waals surface area contributed by atoms with Crippen molar-refractivity contribution in [2.75, 3.05) is 14.1 Å². The van der Waals surface area contributed by atoms with E-state index in [-0.39, 0.29) is 6.03 Å². The molecule has 1 aliphatic heterocycles. The Morgan fingerprint density at radius 2 is 1.00 bits per heavy atom. The third kappa shape index (κ3) is 3.47. The minimum Gasteiger partial charge on any atom is -0.244 e. The Balaban J connectivity index is 1.48. The smallest absolute Gasteiger partial charge is 0.244 e. The van der Waals surface area contributed by atoms with Crippen LogP contribution in [0.1, 0.15) is 5.56 Å². The molecule has 6 aromatic rings. The molecular formula is C32H23N4O. The summed E-state index contributed by atoms with van der Waals surface area (Å²) in [7, 11) is 3.28. The van der Waals surface area contributed by atoms with Crippen molar-refractivity contribution < 1.29 is 4.79 Å². The molecule has 0 saturated heterocycles. The summed E-state index contributed by atoms with van der Waals surface area (Å²) in [4.78, 5) is 12.0. The summed E-state index contributed by atoms with van der Waals surface area (Å²) in [5.41, 5.74) is 7.54. The average molecular weight is 480 g/mol. The fourth-order valence-electron chi connectivity index (χ4n) is 5.31. The SMILES string of the molecule is CN1[N]C(c2ccc(-c3c4cc5ccccc5cc4cc4cc5ccccc5cc34)cc2)=NN(C)C1=O. The fraction of sp³-hybridized carbons (Fsp3) is 0.0625. The highest BCUT2D eigenvalue weighted by Gasteiger charge is 2.24. The van der Waals surface area contributed by atoms with Gasteiger partial charge in [0.05, 0.1) is 0 Å². The molecule has 5 heteroatoms. The van der Waals surface area contributed by atoms with Crippen LogP contribution in [0.3, 0.4) is 0 Å². The second-order valence-electron chi connectivity index (χ2n) is 9.52. The zero-order valence-electron chi connectivity index (χ0n) is 20.5. The van der Waals surface area contributed by atoms with E-state index in [9.17, 15) is 4.79 Å². The lowest BCUT2D eigenvalue weighted by Crippen LogP contribution is -2.48. The van der Waals surface area contributed by atoms with Gasteiger partial charge in [0.15, 0.2) is 5.84 Å². The lowest BCUT2D eigenvalue weighted by atomic mass is 9.89. The highest BCUT2D eigenvalue weighted by atomic mass is 16.2. The number of carbonyl (C=O) groups is 1. The van der Waals surface area contributed by atoms with E-state index < -0.39 is 0 Å². The number of hydrogen-bond acceptors (Lipinski definition) is 2. The van der Waals surface area contributed by atoms with Crippen LogP contribution in [-0.4, -0.2) is 36.0 Å². The predicted octanol–water partition coefficient (Wildman–Crippen LogP) is 7.14. The summed E-state index contributed by atoms with van der Waals surface area (Å²) in [6.07, 6.45) is 0. The molecule has 2 amide bonds. The van der Waals surface area contributed by atoms with Gasteiger partial charge in [-0.3, -0.25) is 0 Å². The topological polar surface area (TPSA) is 50.0 Å². The monoisotopic (exact) mass is 479 g/mol. The molecule has 0 unspecified atom stereocenters. The first kappa shape index (κ1) is 21.4. The summed E-state index contributed by atoms with van der Waals surface area (Å²) < 4.78 is 0. The average Bonchev–Trinajstić information content (AvgIpc) is 2.92. The maximum Gasteiger partial charge on any atom is 0.360 e. The Labute approximate surface area is 214 Å². The molecule has 6 aromatic carbocycles. The van der Waals surface area contributed by atoms with Gasteiger partial charge < -0.3 is 0 Å². The number of amidine groups is 1. The second kappa shape index (κ2) is 8.07. The molecular weight excluding hydrogens is 456 g/mol. The number of benzene rings is 6. The first-order valence-electron chi connectivity index (χ1n) is 12.3. The van der Waals surface area contributed by atoms with Gasteiger partial charge in [0, 0.05) is 19.7 Å². The Morgan fingerprint density at radius 1 is 0.541 bits per heavy atom. The van der Waals surface area contributed by atoms with Crippen LogP contribution < -0.4 is 5.43 Å². The normalized spacial score (nSPS) is 14.0. The molecule has 0 aromatic heterocycles. The largest absolute Gasteiger partial charge is 0.360 e. The standard InChI is InChI=1S/C32H23N4O/c1-35-32(37)36(2)34-31(33-35)21-13-11-20(12-14-21)30-28-18-24-9-5-3-7-22(24)15-26(28)17-27-16-23-8-4-6-10-25(23)19-29(27)30/h3-19H,1-2H3. The van der Waals surface area contributed by atoms with Crippen molar-refractivity contribution >= 4 is 55.0 Å². The van der Waals surface area contributed by atoms with Crippen LogP contribution in [0.15, 0.2) is 108 Å². The highest BCUT2D eigenvalue weighted by molar-refractivity contribution is 6.18. The van der Waals surface area contributed by atoms with Gasteiger partial charge in [-0.25, -0.2) is 14.8 Å². The summed E-state index contributed by atoms with van der Waals surface area (Å²) in [5, 5.41) is 16.8. The lowest BCUT2D eigenvalue weighted by Gasteiger charge is -2.26. The molecule has 177 valence electrons. The second-order valence-corrected chi connectivity index (χ2v) is 9.52. The quantitative estimate of drug-likeness (QED) is 0.243. The molecule has 0 spiro atoms.